The summed E-state index contributed by atoms with van der Waals surface area (Å²) < 4.78 is 2.49. The van der Waals surface area contributed by atoms with E-state index in [0.29, 0.717) is 18.5 Å². The zero-order chi connectivity index (χ0) is 15.2. The lowest BCUT2D eigenvalue weighted by molar-refractivity contribution is -0.121. The average Bonchev–Trinajstić information content (AvgIpc) is 2.82. The van der Waals surface area contributed by atoms with E-state index in [1.165, 1.54) is 0 Å². The Labute approximate surface area is 131 Å². The highest BCUT2D eigenvalue weighted by Gasteiger charge is 2.11. The molecule has 0 atom stereocenters. The zero-order valence-electron chi connectivity index (χ0n) is 11.6. The Hall–Kier alpha value is -2.08. The minimum atomic E-state index is -0.351. The van der Waals surface area contributed by atoms with Crippen molar-refractivity contribution in [3.8, 4) is 0 Å². The molecule has 21 heavy (non-hydrogen) atoms. The number of nitrogens with zero attached hydrogens (tertiary/aromatic N) is 1. The maximum absolute atomic E-state index is 11.9. The molecule has 0 radical (unpaired) electrons. The molecule has 0 bridgehead atoms. The van der Waals surface area contributed by atoms with E-state index < -0.39 is 0 Å². The molecule has 0 aliphatic rings. The van der Waals surface area contributed by atoms with Gasteiger partial charge in [-0.05, 0) is 34.0 Å². The van der Waals surface area contributed by atoms with Crippen LogP contribution in [0.25, 0.3) is 0 Å². The van der Waals surface area contributed by atoms with Gasteiger partial charge in [0.05, 0.1) is 0 Å². The molecule has 1 aromatic carbocycles. The first-order valence-electron chi connectivity index (χ1n) is 6.51. The molecule has 0 aliphatic carbocycles. The second kappa shape index (κ2) is 7.08. The SMILES string of the molecule is Cn1cc(Br)cc1C(=O)NNC(=O)CCc1ccccc1. The van der Waals surface area contributed by atoms with Crippen molar-refractivity contribution < 1.29 is 9.59 Å². The number of benzene rings is 1. The number of hydrogen-bond acceptors (Lipinski definition) is 2. The van der Waals surface area contributed by atoms with Gasteiger partial charge in [0.25, 0.3) is 5.91 Å². The van der Waals surface area contributed by atoms with E-state index in [1.54, 1.807) is 23.9 Å². The van der Waals surface area contributed by atoms with Crippen molar-refractivity contribution in [3.05, 3.63) is 58.3 Å². The van der Waals surface area contributed by atoms with Crippen molar-refractivity contribution in [1.29, 1.82) is 0 Å². The molecular weight excluding hydrogens is 334 g/mol. The number of aryl methyl sites for hydroxylation is 2. The van der Waals surface area contributed by atoms with Gasteiger partial charge < -0.3 is 4.57 Å². The van der Waals surface area contributed by atoms with Crippen LogP contribution >= 0.6 is 15.9 Å². The van der Waals surface area contributed by atoms with E-state index in [0.717, 1.165) is 10.0 Å². The number of rotatable bonds is 4. The Bertz CT molecular complexity index is 638. The molecule has 2 amide bonds. The molecule has 0 saturated carbocycles. The highest BCUT2D eigenvalue weighted by atomic mass is 79.9. The first-order valence-corrected chi connectivity index (χ1v) is 7.30. The Kier molecular flexibility index (Phi) is 5.16. The van der Waals surface area contributed by atoms with Crippen molar-refractivity contribution in [2.75, 3.05) is 0 Å². The van der Waals surface area contributed by atoms with Crippen LogP contribution in [0.4, 0.5) is 0 Å². The number of nitrogens with one attached hydrogen (secondary N) is 2. The molecule has 1 heterocycles. The van der Waals surface area contributed by atoms with Gasteiger partial charge in [-0.2, -0.15) is 0 Å². The zero-order valence-corrected chi connectivity index (χ0v) is 13.2. The third-order valence-electron chi connectivity index (χ3n) is 3.00. The first kappa shape index (κ1) is 15.3. The van der Waals surface area contributed by atoms with Gasteiger partial charge in [0.1, 0.15) is 5.69 Å². The summed E-state index contributed by atoms with van der Waals surface area (Å²) in [7, 11) is 1.76. The van der Waals surface area contributed by atoms with E-state index >= 15 is 0 Å². The van der Waals surface area contributed by atoms with Crippen LogP contribution in [0, 0.1) is 0 Å². The summed E-state index contributed by atoms with van der Waals surface area (Å²) in [4.78, 5) is 23.6. The number of hydrazine groups is 1. The van der Waals surface area contributed by atoms with E-state index in [9.17, 15) is 9.59 Å². The number of hydrogen-bond donors (Lipinski definition) is 2. The second-order valence-electron chi connectivity index (χ2n) is 4.64. The molecular formula is C15H16BrN3O2. The van der Waals surface area contributed by atoms with Gasteiger partial charge in [-0.15, -0.1) is 0 Å². The third-order valence-corrected chi connectivity index (χ3v) is 3.44. The molecule has 6 heteroatoms. The minimum Gasteiger partial charge on any atom is -0.345 e. The molecule has 0 aliphatic heterocycles. The quantitative estimate of drug-likeness (QED) is 0.831. The van der Waals surface area contributed by atoms with Gasteiger partial charge in [-0.3, -0.25) is 20.4 Å². The minimum absolute atomic E-state index is 0.222. The maximum atomic E-state index is 11.9. The molecule has 2 N–H and O–H groups in total. The van der Waals surface area contributed by atoms with Crippen LogP contribution < -0.4 is 10.9 Å². The Balaban J connectivity index is 1.79. The summed E-state index contributed by atoms with van der Waals surface area (Å²) in [5.41, 5.74) is 6.38. The van der Waals surface area contributed by atoms with Gasteiger partial charge >= 0.3 is 0 Å². The highest BCUT2D eigenvalue weighted by Crippen LogP contribution is 2.13. The van der Waals surface area contributed by atoms with Crippen LogP contribution in [0.15, 0.2) is 47.1 Å². The van der Waals surface area contributed by atoms with E-state index in [4.69, 9.17) is 0 Å². The second-order valence-corrected chi connectivity index (χ2v) is 5.56. The van der Waals surface area contributed by atoms with Crippen LogP contribution in [-0.2, 0) is 18.3 Å². The van der Waals surface area contributed by atoms with Crippen LogP contribution in [-0.4, -0.2) is 16.4 Å². The Morgan fingerprint density at radius 1 is 1.19 bits per heavy atom. The topological polar surface area (TPSA) is 63.1 Å². The number of carbonyl (C=O) groups is 2. The first-order chi connectivity index (χ1) is 10.1. The van der Waals surface area contributed by atoms with Crippen molar-refractivity contribution in [3.63, 3.8) is 0 Å². The molecule has 2 aromatic rings. The van der Waals surface area contributed by atoms with Crippen molar-refractivity contribution in [1.82, 2.24) is 15.4 Å². The molecule has 2 rings (SSSR count). The smallest absolute Gasteiger partial charge is 0.286 e. The van der Waals surface area contributed by atoms with Gasteiger partial charge in [-0.1, -0.05) is 30.3 Å². The summed E-state index contributed by atoms with van der Waals surface area (Å²) in [6.45, 7) is 0. The fourth-order valence-electron chi connectivity index (χ4n) is 1.91. The van der Waals surface area contributed by atoms with Gasteiger partial charge in [-0.25, -0.2) is 0 Å². The largest absolute Gasteiger partial charge is 0.345 e. The maximum Gasteiger partial charge on any atom is 0.286 e. The number of halogens is 1. The van der Waals surface area contributed by atoms with E-state index in [2.05, 4.69) is 26.8 Å². The van der Waals surface area contributed by atoms with Crippen LogP contribution in [0.5, 0.6) is 0 Å². The summed E-state index contributed by atoms with van der Waals surface area (Å²) in [6.07, 6.45) is 2.73. The number of aromatic nitrogens is 1. The van der Waals surface area contributed by atoms with E-state index in [-0.39, 0.29) is 11.8 Å². The lowest BCUT2D eigenvalue weighted by Gasteiger charge is -2.08. The fraction of sp³-hybridized carbons (Fsp3) is 0.200. The summed E-state index contributed by atoms with van der Waals surface area (Å²) in [5, 5.41) is 0. The van der Waals surface area contributed by atoms with Crippen molar-refractivity contribution >= 4 is 27.7 Å². The summed E-state index contributed by atoms with van der Waals surface area (Å²) >= 11 is 3.29. The molecule has 0 spiro atoms. The highest BCUT2D eigenvalue weighted by molar-refractivity contribution is 9.10. The van der Waals surface area contributed by atoms with Crippen LogP contribution in [0.3, 0.4) is 0 Å². The third kappa shape index (κ3) is 4.46. The summed E-state index contributed by atoms with van der Waals surface area (Å²) in [5.74, 6) is -0.572. The normalized spacial score (nSPS) is 10.2. The number of carbonyl (C=O) groups excluding carboxylic acids is 2. The number of amides is 2. The molecule has 0 saturated heterocycles. The molecule has 5 nitrogen and oxygen atoms in total. The average molecular weight is 350 g/mol. The monoisotopic (exact) mass is 349 g/mol. The molecule has 0 unspecified atom stereocenters. The molecule has 0 fully saturated rings. The molecule has 110 valence electrons. The standard InChI is InChI=1S/C15H16BrN3O2/c1-19-10-12(16)9-13(19)15(21)18-17-14(20)8-7-11-5-3-2-4-6-11/h2-6,9-10H,7-8H2,1H3,(H,17,20)(H,18,21). The lowest BCUT2D eigenvalue weighted by atomic mass is 10.1. The van der Waals surface area contributed by atoms with Gasteiger partial charge in [0.15, 0.2) is 0 Å². The Morgan fingerprint density at radius 2 is 1.90 bits per heavy atom. The van der Waals surface area contributed by atoms with Crippen molar-refractivity contribution in [2.24, 2.45) is 7.05 Å². The van der Waals surface area contributed by atoms with Gasteiger partial charge in [0.2, 0.25) is 5.91 Å². The lowest BCUT2D eigenvalue weighted by Crippen LogP contribution is -2.42. The Morgan fingerprint density at radius 3 is 2.52 bits per heavy atom. The van der Waals surface area contributed by atoms with Crippen LogP contribution in [0.1, 0.15) is 22.5 Å². The van der Waals surface area contributed by atoms with Gasteiger partial charge in [0, 0.05) is 24.1 Å². The fourth-order valence-corrected chi connectivity index (χ4v) is 2.43. The molecule has 1 aromatic heterocycles. The predicted molar refractivity (Wildman–Crippen MR) is 83.5 cm³/mol. The van der Waals surface area contributed by atoms with Crippen molar-refractivity contribution in [2.45, 2.75) is 12.8 Å². The summed E-state index contributed by atoms with van der Waals surface area (Å²) in [6, 6.07) is 11.4. The predicted octanol–water partition coefficient (Wildman–Crippen LogP) is 2.18. The van der Waals surface area contributed by atoms with Crippen LogP contribution in [0.2, 0.25) is 0 Å². The van der Waals surface area contributed by atoms with E-state index in [1.807, 2.05) is 30.3 Å².